The summed E-state index contributed by atoms with van der Waals surface area (Å²) in [4.78, 5) is 10.5. The third-order valence-electron chi connectivity index (χ3n) is 2.28. The SMILES string of the molecule is CSC(CCC(=O)O)NCc1ccccc1. The standard InChI is InChI=1S/C12H17NO2S/c1-16-11(7-8-12(14)15)13-9-10-5-3-2-4-6-10/h2-6,11,13H,7-9H2,1H3,(H,14,15). The maximum absolute atomic E-state index is 10.5. The number of carbonyl (C=O) groups is 1. The topological polar surface area (TPSA) is 49.3 Å². The fourth-order valence-electron chi connectivity index (χ4n) is 1.39. The van der Waals surface area contributed by atoms with Crippen LogP contribution in [0.3, 0.4) is 0 Å². The fourth-order valence-corrected chi connectivity index (χ4v) is 1.99. The highest BCUT2D eigenvalue weighted by Gasteiger charge is 2.08. The van der Waals surface area contributed by atoms with E-state index in [0.717, 1.165) is 6.54 Å². The van der Waals surface area contributed by atoms with Crippen molar-refractivity contribution in [3.8, 4) is 0 Å². The lowest BCUT2D eigenvalue weighted by atomic mass is 10.2. The number of carboxylic acid groups (broad SMARTS) is 1. The zero-order valence-electron chi connectivity index (χ0n) is 9.35. The van der Waals surface area contributed by atoms with Crippen molar-refractivity contribution in [2.45, 2.75) is 24.8 Å². The molecule has 1 atom stereocenters. The Labute approximate surface area is 100 Å². The predicted octanol–water partition coefficient (Wildman–Crippen LogP) is 2.33. The zero-order valence-corrected chi connectivity index (χ0v) is 10.2. The number of aliphatic carboxylic acids is 1. The van der Waals surface area contributed by atoms with Gasteiger partial charge in [-0.3, -0.25) is 4.79 Å². The van der Waals surface area contributed by atoms with Gasteiger partial charge in [0.2, 0.25) is 0 Å². The molecule has 0 aliphatic rings. The number of thioether (sulfide) groups is 1. The van der Waals surface area contributed by atoms with Crippen LogP contribution in [0.1, 0.15) is 18.4 Å². The van der Waals surface area contributed by atoms with Crippen LogP contribution >= 0.6 is 11.8 Å². The lowest BCUT2D eigenvalue weighted by Crippen LogP contribution is -2.25. The Morgan fingerprint density at radius 2 is 2.12 bits per heavy atom. The molecule has 0 saturated heterocycles. The van der Waals surface area contributed by atoms with Crippen molar-refractivity contribution >= 4 is 17.7 Å². The smallest absolute Gasteiger partial charge is 0.303 e. The number of hydrogen-bond acceptors (Lipinski definition) is 3. The van der Waals surface area contributed by atoms with Crippen molar-refractivity contribution in [3.63, 3.8) is 0 Å². The minimum absolute atomic E-state index is 0.205. The highest BCUT2D eigenvalue weighted by atomic mass is 32.2. The summed E-state index contributed by atoms with van der Waals surface area (Å²) >= 11 is 1.66. The summed E-state index contributed by atoms with van der Waals surface area (Å²) in [5.41, 5.74) is 1.22. The second-order valence-corrected chi connectivity index (χ2v) is 4.56. The number of benzene rings is 1. The number of nitrogens with one attached hydrogen (secondary N) is 1. The monoisotopic (exact) mass is 239 g/mol. The molecule has 0 spiro atoms. The number of carboxylic acids is 1. The van der Waals surface area contributed by atoms with Crippen LogP contribution in [0.2, 0.25) is 0 Å². The summed E-state index contributed by atoms with van der Waals surface area (Å²) in [5.74, 6) is -0.736. The zero-order chi connectivity index (χ0) is 11.8. The van der Waals surface area contributed by atoms with E-state index in [2.05, 4.69) is 17.4 Å². The molecule has 0 amide bonds. The molecule has 16 heavy (non-hydrogen) atoms. The van der Waals surface area contributed by atoms with E-state index in [4.69, 9.17) is 5.11 Å². The van der Waals surface area contributed by atoms with E-state index in [9.17, 15) is 4.79 Å². The third kappa shape index (κ3) is 5.19. The van der Waals surface area contributed by atoms with E-state index in [-0.39, 0.29) is 11.8 Å². The Hall–Kier alpha value is -1.00. The van der Waals surface area contributed by atoms with Gasteiger partial charge in [-0.05, 0) is 18.2 Å². The summed E-state index contributed by atoms with van der Waals surface area (Å²) in [7, 11) is 0. The lowest BCUT2D eigenvalue weighted by molar-refractivity contribution is -0.137. The molecular weight excluding hydrogens is 222 g/mol. The van der Waals surface area contributed by atoms with E-state index < -0.39 is 5.97 Å². The van der Waals surface area contributed by atoms with Crippen molar-refractivity contribution in [2.24, 2.45) is 0 Å². The average molecular weight is 239 g/mol. The van der Waals surface area contributed by atoms with E-state index >= 15 is 0 Å². The molecule has 1 unspecified atom stereocenters. The minimum atomic E-state index is -0.736. The largest absolute Gasteiger partial charge is 0.481 e. The van der Waals surface area contributed by atoms with E-state index in [1.807, 2.05) is 24.5 Å². The molecule has 88 valence electrons. The van der Waals surface area contributed by atoms with Crippen LogP contribution in [0, 0.1) is 0 Å². The molecule has 1 aromatic rings. The Morgan fingerprint density at radius 1 is 1.44 bits per heavy atom. The van der Waals surface area contributed by atoms with Gasteiger partial charge in [-0.2, -0.15) is 0 Å². The summed E-state index contributed by atoms with van der Waals surface area (Å²) in [6.07, 6.45) is 2.86. The van der Waals surface area contributed by atoms with Crippen molar-refractivity contribution in [1.82, 2.24) is 5.32 Å². The summed E-state index contributed by atoms with van der Waals surface area (Å²) in [5, 5.41) is 12.2. The van der Waals surface area contributed by atoms with Gasteiger partial charge < -0.3 is 10.4 Å². The van der Waals surface area contributed by atoms with Crippen LogP contribution in [0.5, 0.6) is 0 Å². The molecular formula is C12H17NO2S. The van der Waals surface area contributed by atoms with Crippen LogP contribution in [0.25, 0.3) is 0 Å². The first-order valence-electron chi connectivity index (χ1n) is 5.24. The first-order valence-corrected chi connectivity index (χ1v) is 6.53. The van der Waals surface area contributed by atoms with Gasteiger partial charge in [0, 0.05) is 13.0 Å². The first-order chi connectivity index (χ1) is 7.72. The molecule has 0 bridgehead atoms. The van der Waals surface area contributed by atoms with Gasteiger partial charge >= 0.3 is 5.97 Å². The van der Waals surface area contributed by atoms with Gasteiger partial charge in [-0.15, -0.1) is 11.8 Å². The summed E-state index contributed by atoms with van der Waals surface area (Å²) < 4.78 is 0. The van der Waals surface area contributed by atoms with E-state index in [0.29, 0.717) is 6.42 Å². The molecule has 0 fully saturated rings. The highest BCUT2D eigenvalue weighted by molar-refractivity contribution is 7.99. The van der Waals surface area contributed by atoms with Crippen molar-refractivity contribution in [3.05, 3.63) is 35.9 Å². The fraction of sp³-hybridized carbons (Fsp3) is 0.417. The summed E-state index contributed by atoms with van der Waals surface area (Å²) in [6, 6.07) is 10.1. The van der Waals surface area contributed by atoms with Gasteiger partial charge in [0.15, 0.2) is 0 Å². The molecule has 4 heteroatoms. The molecule has 3 nitrogen and oxygen atoms in total. The van der Waals surface area contributed by atoms with Crippen LogP contribution in [-0.4, -0.2) is 22.7 Å². The van der Waals surface area contributed by atoms with Crippen molar-refractivity contribution in [1.29, 1.82) is 0 Å². The van der Waals surface area contributed by atoms with Gasteiger partial charge in [0.05, 0.1) is 5.37 Å². The molecule has 0 aliphatic carbocycles. The van der Waals surface area contributed by atoms with Gasteiger partial charge in [-0.25, -0.2) is 0 Å². The molecule has 1 aromatic carbocycles. The van der Waals surface area contributed by atoms with Gasteiger partial charge in [0.1, 0.15) is 0 Å². The lowest BCUT2D eigenvalue weighted by Gasteiger charge is -2.15. The third-order valence-corrected chi connectivity index (χ3v) is 3.25. The molecule has 2 N–H and O–H groups in total. The van der Waals surface area contributed by atoms with E-state index in [1.165, 1.54) is 5.56 Å². The second kappa shape index (κ2) is 7.30. The van der Waals surface area contributed by atoms with E-state index in [1.54, 1.807) is 11.8 Å². The highest BCUT2D eigenvalue weighted by Crippen LogP contribution is 2.11. The Kier molecular flexibility index (Phi) is 5.96. The molecule has 0 heterocycles. The maximum atomic E-state index is 10.5. The quantitative estimate of drug-likeness (QED) is 0.717. The molecule has 0 radical (unpaired) electrons. The molecule has 0 aliphatic heterocycles. The van der Waals surface area contributed by atoms with Gasteiger partial charge in [0.25, 0.3) is 0 Å². The van der Waals surface area contributed by atoms with Crippen LogP contribution in [-0.2, 0) is 11.3 Å². The second-order valence-electron chi connectivity index (χ2n) is 3.52. The predicted molar refractivity (Wildman–Crippen MR) is 67.5 cm³/mol. The average Bonchev–Trinajstić information content (AvgIpc) is 2.30. The van der Waals surface area contributed by atoms with Gasteiger partial charge in [-0.1, -0.05) is 30.3 Å². The van der Waals surface area contributed by atoms with Crippen LogP contribution in [0.15, 0.2) is 30.3 Å². The molecule has 0 saturated carbocycles. The normalized spacial score (nSPS) is 12.3. The Morgan fingerprint density at radius 3 is 2.69 bits per heavy atom. The molecule has 1 rings (SSSR count). The van der Waals surface area contributed by atoms with Crippen LogP contribution < -0.4 is 5.32 Å². The molecule has 0 aromatic heterocycles. The van der Waals surface area contributed by atoms with Crippen LogP contribution in [0.4, 0.5) is 0 Å². The number of rotatable bonds is 7. The summed E-state index contributed by atoms with van der Waals surface area (Å²) in [6.45, 7) is 0.784. The first kappa shape index (κ1) is 13.1. The maximum Gasteiger partial charge on any atom is 0.303 e. The van der Waals surface area contributed by atoms with Crippen molar-refractivity contribution < 1.29 is 9.90 Å². The number of hydrogen-bond donors (Lipinski definition) is 2. The van der Waals surface area contributed by atoms with Crippen molar-refractivity contribution in [2.75, 3.05) is 6.26 Å². The minimum Gasteiger partial charge on any atom is -0.481 e. The Balaban J connectivity index is 2.31. The Bertz CT molecular complexity index is 316.